The molecule has 22 N–H and O–H groups in total. The average molecular weight is 1090 g/mol. The van der Waals surface area contributed by atoms with Crippen LogP contribution in [0.2, 0.25) is 0 Å². The fraction of sp³-hybridized carbons (Fsp3) is 0.480. The first kappa shape index (κ1) is 61.6. The summed E-state index contributed by atoms with van der Waals surface area (Å²) in [5.41, 5.74) is 18.3. The number of aromatic amines is 1. The lowest BCUT2D eigenvalue weighted by Crippen LogP contribution is -2.60. The predicted molar refractivity (Wildman–Crippen MR) is 288 cm³/mol. The van der Waals surface area contributed by atoms with Crippen LogP contribution in [-0.4, -0.2) is 150 Å². The van der Waals surface area contributed by atoms with Crippen LogP contribution in [0.15, 0.2) is 60.8 Å². The van der Waals surface area contributed by atoms with Crippen molar-refractivity contribution in [3.05, 3.63) is 71.9 Å². The zero-order chi connectivity index (χ0) is 57.1. The standard InChI is InChI=1S/C50H74N18O10/c1-28(69)62-33(15-7-22-58-48(51)52)41(71)65-36-19-20-40(70)57-21-10-18-37(47(77)78)66-46(76)39(26-30-27-61-32-14-6-5-13-31(30)32)68-43(73)35(17-9-24-60-50(55)56)64-45(75)38(25-29-11-3-2-4-12-29)67-42(72)34(63-44(36)74)16-8-23-59-49(53)54/h2-6,11-14,27,33-39,61H,7-10,15-26H2,1H3,(H,57,70)(H,62,69)(H,63,74)(H,64,75)(H,65,71)(H,66,76)(H,67,72)(H,68,73)(H,77,78)(H4,51,52,58)(H4,53,54,59)(H4,55,56,60)/t33-,34-,35-,36-,37?,38+,39-/m0/s1. The third kappa shape index (κ3) is 21.7. The Hall–Kier alpha value is -8.98. The zero-order valence-electron chi connectivity index (χ0n) is 43.5. The number of rotatable bonds is 20. The molecule has 0 aliphatic carbocycles. The lowest BCUT2D eigenvalue weighted by Gasteiger charge is -2.28. The largest absolute Gasteiger partial charge is 0.480 e. The SMILES string of the molecule is CC(=O)N[C@@H](CCCNC(=N)N)C(=O)N[C@H]1CCC(=O)NCCCC(C(=O)O)NC(=O)[C@H](Cc2c[nH]c3ccccc23)NC(=O)[C@H](CCCNC(=N)N)NC(=O)[C@@H](Cc2ccccc2)NC(=O)[C@H](CCCNC(=N)N)NC1=O. The van der Waals surface area contributed by atoms with E-state index in [1.165, 1.54) is 6.92 Å². The Labute approximate surface area is 450 Å². The van der Waals surface area contributed by atoms with E-state index < -0.39 is 95.5 Å². The number of fused-ring (bicyclic) bond motifs is 1. The molecule has 8 amide bonds. The maximum Gasteiger partial charge on any atom is 0.326 e. The number of aromatic nitrogens is 1. The highest BCUT2D eigenvalue weighted by Crippen LogP contribution is 2.20. The first-order chi connectivity index (χ1) is 37.2. The van der Waals surface area contributed by atoms with E-state index in [1.54, 1.807) is 54.7 Å². The van der Waals surface area contributed by atoms with Crippen molar-refractivity contribution >= 4 is 82.0 Å². The highest BCUT2D eigenvalue weighted by molar-refractivity contribution is 5.98. The van der Waals surface area contributed by atoms with E-state index in [1.807, 2.05) is 6.07 Å². The van der Waals surface area contributed by atoms with Crippen LogP contribution in [0.1, 0.15) is 82.3 Å². The Morgan fingerprint density at radius 3 is 1.78 bits per heavy atom. The zero-order valence-corrected chi connectivity index (χ0v) is 43.5. The van der Waals surface area contributed by atoms with Crippen molar-refractivity contribution < 1.29 is 48.3 Å². The van der Waals surface area contributed by atoms with Crippen LogP contribution in [0.4, 0.5) is 0 Å². The lowest BCUT2D eigenvalue weighted by molar-refractivity contribution is -0.142. The number of carboxylic acids is 1. The van der Waals surface area contributed by atoms with Gasteiger partial charge in [-0.15, -0.1) is 0 Å². The summed E-state index contributed by atoms with van der Waals surface area (Å²) in [7, 11) is 0. The van der Waals surface area contributed by atoms with E-state index in [4.69, 9.17) is 33.4 Å². The molecule has 7 atom stereocenters. The second kappa shape index (κ2) is 31.8. The van der Waals surface area contributed by atoms with Gasteiger partial charge in [0.05, 0.1) is 0 Å². The Kier molecular flexibility index (Phi) is 25.1. The van der Waals surface area contributed by atoms with Crippen LogP contribution < -0.4 is 75.7 Å². The molecular weight excluding hydrogens is 1010 g/mol. The fourth-order valence-corrected chi connectivity index (χ4v) is 8.49. The number of nitrogens with two attached hydrogens (primary N) is 3. The summed E-state index contributed by atoms with van der Waals surface area (Å²) in [5, 5.41) is 62.7. The van der Waals surface area contributed by atoms with Crippen molar-refractivity contribution in [2.45, 2.75) is 126 Å². The molecule has 0 saturated carbocycles. The summed E-state index contributed by atoms with van der Waals surface area (Å²) in [4.78, 5) is 128. The molecule has 1 fully saturated rings. The molecule has 3 aromatic rings. The van der Waals surface area contributed by atoms with Crippen molar-refractivity contribution in [1.29, 1.82) is 16.2 Å². The first-order valence-electron chi connectivity index (χ1n) is 25.6. The number of carbonyl (C=O) groups excluding carboxylic acids is 8. The maximum absolute atomic E-state index is 14.7. The Morgan fingerprint density at radius 2 is 1.19 bits per heavy atom. The smallest absolute Gasteiger partial charge is 0.326 e. The molecule has 1 aliphatic rings. The number of hydrogen-bond donors (Lipinski definition) is 19. The molecule has 28 nitrogen and oxygen atoms in total. The number of guanidine groups is 3. The van der Waals surface area contributed by atoms with Gasteiger partial charge in [0.1, 0.15) is 42.3 Å². The minimum absolute atomic E-state index is 0.0277. The number of H-pyrrole nitrogens is 1. The van der Waals surface area contributed by atoms with E-state index in [9.17, 15) is 48.3 Å². The van der Waals surface area contributed by atoms with Gasteiger partial charge in [-0.05, 0) is 75.0 Å². The van der Waals surface area contributed by atoms with Crippen LogP contribution >= 0.6 is 0 Å². The number of carbonyl (C=O) groups is 9. The highest BCUT2D eigenvalue weighted by Gasteiger charge is 2.35. The van der Waals surface area contributed by atoms with Gasteiger partial charge in [-0.25, -0.2) is 4.79 Å². The molecule has 28 heteroatoms. The van der Waals surface area contributed by atoms with Gasteiger partial charge >= 0.3 is 5.97 Å². The highest BCUT2D eigenvalue weighted by atomic mass is 16.4. The molecule has 2 aromatic carbocycles. The van der Waals surface area contributed by atoms with E-state index in [2.05, 4.69) is 63.5 Å². The molecule has 424 valence electrons. The summed E-state index contributed by atoms with van der Waals surface area (Å²) in [6, 6.07) is 5.81. The van der Waals surface area contributed by atoms with Crippen molar-refractivity contribution in [3.8, 4) is 0 Å². The van der Waals surface area contributed by atoms with Gasteiger partial charge in [-0.1, -0.05) is 48.5 Å². The molecule has 1 aliphatic heterocycles. The quantitative estimate of drug-likeness (QED) is 0.0303. The molecule has 0 spiro atoms. The summed E-state index contributed by atoms with van der Waals surface area (Å²) in [6.45, 7) is 1.43. The van der Waals surface area contributed by atoms with Crippen LogP contribution in [-0.2, 0) is 56.0 Å². The molecule has 1 aromatic heterocycles. The van der Waals surface area contributed by atoms with Crippen molar-refractivity contribution in [3.63, 3.8) is 0 Å². The van der Waals surface area contributed by atoms with Gasteiger partial charge in [-0.3, -0.25) is 54.6 Å². The van der Waals surface area contributed by atoms with Gasteiger partial charge < -0.3 is 85.8 Å². The number of hydrogen-bond acceptors (Lipinski definition) is 12. The summed E-state index contributed by atoms with van der Waals surface area (Å²) in [6.07, 6.45) is 0.810. The normalized spacial score (nSPS) is 20.6. The van der Waals surface area contributed by atoms with E-state index in [0.717, 1.165) is 10.9 Å². The second-order valence-electron chi connectivity index (χ2n) is 18.7. The first-order valence-corrected chi connectivity index (χ1v) is 25.6. The molecule has 0 bridgehead atoms. The van der Waals surface area contributed by atoms with E-state index >= 15 is 0 Å². The van der Waals surface area contributed by atoms with Crippen molar-refractivity contribution in [1.82, 2.24) is 63.5 Å². The maximum atomic E-state index is 14.7. The average Bonchev–Trinajstić information content (AvgIpc) is 3.80. The summed E-state index contributed by atoms with van der Waals surface area (Å²) >= 11 is 0. The van der Waals surface area contributed by atoms with E-state index in [-0.39, 0.29) is 121 Å². The number of para-hydroxylation sites is 1. The van der Waals surface area contributed by atoms with Crippen molar-refractivity contribution in [2.24, 2.45) is 17.2 Å². The summed E-state index contributed by atoms with van der Waals surface area (Å²) in [5.74, 6) is -8.85. The van der Waals surface area contributed by atoms with Crippen LogP contribution in [0.25, 0.3) is 10.9 Å². The Morgan fingerprint density at radius 1 is 0.667 bits per heavy atom. The van der Waals surface area contributed by atoms with Gasteiger partial charge in [0, 0.05) is 69.5 Å². The van der Waals surface area contributed by atoms with Crippen LogP contribution in [0, 0.1) is 16.2 Å². The molecule has 1 saturated heterocycles. The summed E-state index contributed by atoms with van der Waals surface area (Å²) < 4.78 is 0. The molecule has 78 heavy (non-hydrogen) atoms. The number of nitrogens with one attached hydrogen (secondary N) is 15. The molecule has 1 unspecified atom stereocenters. The molecule has 0 radical (unpaired) electrons. The predicted octanol–water partition coefficient (Wildman–Crippen LogP) is -3.07. The molecular formula is C50H74N18O10. The number of benzene rings is 2. The Bertz CT molecular complexity index is 2600. The van der Waals surface area contributed by atoms with Gasteiger partial charge in [-0.2, -0.15) is 0 Å². The van der Waals surface area contributed by atoms with Crippen LogP contribution in [0.5, 0.6) is 0 Å². The van der Waals surface area contributed by atoms with Gasteiger partial charge in [0.25, 0.3) is 0 Å². The number of amides is 8. The number of aliphatic carboxylic acids is 1. The van der Waals surface area contributed by atoms with Gasteiger partial charge in [0.15, 0.2) is 17.9 Å². The topological polar surface area (TPSA) is 472 Å². The van der Waals surface area contributed by atoms with Gasteiger partial charge in [0.2, 0.25) is 47.3 Å². The van der Waals surface area contributed by atoms with Crippen molar-refractivity contribution in [2.75, 3.05) is 26.2 Å². The molecule has 2 heterocycles. The van der Waals surface area contributed by atoms with E-state index in [0.29, 0.717) is 11.1 Å². The minimum atomic E-state index is -1.52. The third-order valence-electron chi connectivity index (χ3n) is 12.5. The third-order valence-corrected chi connectivity index (χ3v) is 12.5. The lowest BCUT2D eigenvalue weighted by atomic mass is 10.0. The van der Waals surface area contributed by atoms with Crippen LogP contribution in [0.3, 0.4) is 0 Å². The minimum Gasteiger partial charge on any atom is -0.480 e. The second-order valence-corrected chi connectivity index (χ2v) is 18.7. The fourth-order valence-electron chi connectivity index (χ4n) is 8.49. The monoisotopic (exact) mass is 1090 g/mol. The number of carboxylic acid groups (broad SMARTS) is 1. The Balaban J connectivity index is 1.79. The molecule has 4 rings (SSSR count).